The first kappa shape index (κ1) is 12.7. The molecule has 0 saturated carbocycles. The number of piperazine rings is 1. The molecule has 0 radical (unpaired) electrons. The molecule has 0 unspecified atom stereocenters. The Balaban J connectivity index is 2.49. The van der Waals surface area contributed by atoms with E-state index in [0.29, 0.717) is 0 Å². The topological polar surface area (TPSA) is 15.3 Å². The zero-order valence-corrected chi connectivity index (χ0v) is 11.8. The third-order valence-corrected chi connectivity index (χ3v) is 3.74. The highest BCUT2D eigenvalue weighted by Crippen LogP contribution is 2.38. The van der Waals surface area contributed by atoms with Gasteiger partial charge in [0.2, 0.25) is 0 Å². The highest BCUT2D eigenvalue weighted by atomic mass is 35.5. The molecule has 0 spiro atoms. The van der Waals surface area contributed by atoms with Crippen LogP contribution in [0.3, 0.4) is 0 Å². The van der Waals surface area contributed by atoms with Crippen LogP contribution in [0.2, 0.25) is 5.02 Å². The summed E-state index contributed by atoms with van der Waals surface area (Å²) >= 11 is 6.35. The highest BCUT2D eigenvalue weighted by molar-refractivity contribution is 6.33. The van der Waals surface area contributed by atoms with Gasteiger partial charge < -0.3 is 10.2 Å². The number of nitrogens with zero attached hydrogens (tertiary/aromatic N) is 1. The lowest BCUT2D eigenvalue weighted by molar-refractivity contribution is 0.263. The summed E-state index contributed by atoms with van der Waals surface area (Å²) in [6.07, 6.45) is 0. The Bertz CT molecular complexity index is 396. The van der Waals surface area contributed by atoms with Crippen molar-refractivity contribution in [2.75, 3.05) is 18.0 Å². The Morgan fingerprint density at radius 3 is 2.12 bits per heavy atom. The molecule has 1 aromatic rings. The van der Waals surface area contributed by atoms with Crippen LogP contribution in [0.5, 0.6) is 0 Å². The molecule has 0 amide bonds. The van der Waals surface area contributed by atoms with E-state index >= 15 is 0 Å². The van der Waals surface area contributed by atoms with Crippen molar-refractivity contribution in [1.82, 2.24) is 5.32 Å². The van der Waals surface area contributed by atoms with Gasteiger partial charge in [-0.3, -0.25) is 0 Å². The van der Waals surface area contributed by atoms with Gasteiger partial charge in [0.15, 0.2) is 0 Å². The monoisotopic (exact) mass is 252 g/mol. The quantitative estimate of drug-likeness (QED) is 0.825. The van der Waals surface area contributed by atoms with Crippen molar-refractivity contribution in [2.24, 2.45) is 0 Å². The van der Waals surface area contributed by atoms with E-state index in [4.69, 9.17) is 11.6 Å². The Labute approximate surface area is 109 Å². The van der Waals surface area contributed by atoms with E-state index in [0.717, 1.165) is 23.8 Å². The number of benzene rings is 1. The maximum absolute atomic E-state index is 6.35. The minimum atomic E-state index is 0.0622. The summed E-state index contributed by atoms with van der Waals surface area (Å²) < 4.78 is 0. The second-order valence-electron chi connectivity index (χ2n) is 6.02. The molecular weight excluding hydrogens is 232 g/mol. The molecule has 1 aliphatic heterocycles. The van der Waals surface area contributed by atoms with E-state index in [1.54, 1.807) is 0 Å². The molecule has 1 heterocycles. The Morgan fingerprint density at radius 2 is 1.59 bits per heavy atom. The molecule has 3 heteroatoms. The van der Waals surface area contributed by atoms with Crippen molar-refractivity contribution in [3.05, 3.63) is 29.3 Å². The fourth-order valence-corrected chi connectivity index (χ4v) is 3.16. The van der Waals surface area contributed by atoms with Gasteiger partial charge in [-0.1, -0.05) is 23.7 Å². The van der Waals surface area contributed by atoms with E-state index in [1.807, 2.05) is 12.1 Å². The van der Waals surface area contributed by atoms with Crippen molar-refractivity contribution in [3.63, 3.8) is 0 Å². The van der Waals surface area contributed by atoms with Crippen LogP contribution in [0.25, 0.3) is 0 Å². The van der Waals surface area contributed by atoms with Gasteiger partial charge in [-0.15, -0.1) is 0 Å². The van der Waals surface area contributed by atoms with Gasteiger partial charge in [-0.25, -0.2) is 0 Å². The summed E-state index contributed by atoms with van der Waals surface area (Å²) in [6, 6.07) is 8.10. The summed E-state index contributed by atoms with van der Waals surface area (Å²) in [5.41, 5.74) is 1.25. The molecule has 0 bridgehead atoms. The fourth-order valence-electron chi connectivity index (χ4n) is 2.94. The number of anilines is 1. The van der Waals surface area contributed by atoms with E-state index in [1.165, 1.54) is 0 Å². The smallest absolute Gasteiger partial charge is 0.0639 e. The van der Waals surface area contributed by atoms with Gasteiger partial charge >= 0.3 is 0 Å². The largest absolute Gasteiger partial charge is 0.358 e. The highest BCUT2D eigenvalue weighted by Gasteiger charge is 2.41. The second kappa shape index (κ2) is 4.18. The molecule has 0 aromatic heterocycles. The van der Waals surface area contributed by atoms with Crippen LogP contribution in [0.15, 0.2) is 24.3 Å². The van der Waals surface area contributed by atoms with Crippen LogP contribution in [0, 0.1) is 0 Å². The molecule has 94 valence electrons. The molecule has 2 rings (SSSR count). The number of halogens is 1. The van der Waals surface area contributed by atoms with Crippen molar-refractivity contribution in [1.29, 1.82) is 0 Å². The average molecular weight is 253 g/mol. The minimum absolute atomic E-state index is 0.0622. The molecule has 0 atom stereocenters. The molecule has 17 heavy (non-hydrogen) atoms. The summed E-state index contributed by atoms with van der Waals surface area (Å²) in [5.74, 6) is 0. The number of para-hydroxylation sites is 1. The van der Waals surface area contributed by atoms with E-state index in [2.05, 4.69) is 50.0 Å². The lowest BCUT2D eigenvalue weighted by atomic mass is 9.88. The Kier molecular flexibility index (Phi) is 3.13. The van der Waals surface area contributed by atoms with Crippen molar-refractivity contribution in [2.45, 2.75) is 38.8 Å². The lowest BCUT2D eigenvalue weighted by Crippen LogP contribution is -2.68. The summed E-state index contributed by atoms with van der Waals surface area (Å²) in [4.78, 5) is 2.44. The zero-order valence-electron chi connectivity index (χ0n) is 11.0. The van der Waals surface area contributed by atoms with E-state index in [-0.39, 0.29) is 11.1 Å². The summed E-state index contributed by atoms with van der Waals surface area (Å²) in [7, 11) is 0. The molecule has 1 N–H and O–H groups in total. The number of hydrogen-bond acceptors (Lipinski definition) is 2. The van der Waals surface area contributed by atoms with Gasteiger partial charge in [0, 0.05) is 24.2 Å². The van der Waals surface area contributed by atoms with Gasteiger partial charge in [0.1, 0.15) is 0 Å². The molecule has 1 aliphatic rings. The van der Waals surface area contributed by atoms with Crippen molar-refractivity contribution >= 4 is 17.3 Å². The maximum Gasteiger partial charge on any atom is 0.0639 e. The second-order valence-corrected chi connectivity index (χ2v) is 6.42. The first-order chi connectivity index (χ1) is 7.84. The number of rotatable bonds is 1. The third kappa shape index (κ3) is 2.29. The van der Waals surface area contributed by atoms with E-state index < -0.39 is 0 Å². The van der Waals surface area contributed by atoms with Gasteiger partial charge in [-0.05, 0) is 39.8 Å². The van der Waals surface area contributed by atoms with Crippen LogP contribution in [0.1, 0.15) is 27.7 Å². The van der Waals surface area contributed by atoms with Crippen LogP contribution in [-0.4, -0.2) is 24.2 Å². The van der Waals surface area contributed by atoms with Crippen LogP contribution < -0.4 is 10.2 Å². The minimum Gasteiger partial charge on any atom is -0.358 e. The van der Waals surface area contributed by atoms with Crippen molar-refractivity contribution < 1.29 is 0 Å². The first-order valence-corrected chi connectivity index (χ1v) is 6.48. The fraction of sp³-hybridized carbons (Fsp3) is 0.571. The number of nitrogens with one attached hydrogen (secondary N) is 1. The summed E-state index contributed by atoms with van der Waals surface area (Å²) in [5, 5.41) is 4.33. The van der Waals surface area contributed by atoms with Crippen LogP contribution in [-0.2, 0) is 0 Å². The first-order valence-electron chi connectivity index (χ1n) is 6.10. The summed E-state index contributed by atoms with van der Waals surface area (Å²) in [6.45, 7) is 11.0. The Morgan fingerprint density at radius 1 is 1.06 bits per heavy atom. The standard InChI is InChI=1S/C14H21ClN2/c1-13(2)9-16-10-14(3,4)17(13)12-8-6-5-7-11(12)15/h5-8,16H,9-10H2,1-4H3. The molecule has 1 aromatic carbocycles. The Hall–Kier alpha value is -0.730. The van der Waals surface area contributed by atoms with E-state index in [9.17, 15) is 0 Å². The van der Waals surface area contributed by atoms with Crippen molar-refractivity contribution in [3.8, 4) is 0 Å². The third-order valence-electron chi connectivity index (χ3n) is 3.42. The van der Waals surface area contributed by atoms with Gasteiger partial charge in [-0.2, -0.15) is 0 Å². The lowest BCUT2D eigenvalue weighted by Gasteiger charge is -2.54. The van der Waals surface area contributed by atoms with Gasteiger partial charge in [0.25, 0.3) is 0 Å². The molecular formula is C14H21ClN2. The zero-order chi connectivity index (χ0) is 12.7. The van der Waals surface area contributed by atoms with Gasteiger partial charge in [0.05, 0.1) is 10.7 Å². The van der Waals surface area contributed by atoms with Crippen LogP contribution in [0.4, 0.5) is 5.69 Å². The maximum atomic E-state index is 6.35. The number of hydrogen-bond donors (Lipinski definition) is 1. The molecule has 1 saturated heterocycles. The predicted octanol–water partition coefficient (Wildman–Crippen LogP) is 3.31. The molecule has 0 aliphatic carbocycles. The predicted molar refractivity (Wildman–Crippen MR) is 75.0 cm³/mol. The average Bonchev–Trinajstić information content (AvgIpc) is 2.18. The molecule has 2 nitrogen and oxygen atoms in total. The van der Waals surface area contributed by atoms with Crippen LogP contribution >= 0.6 is 11.6 Å². The SMILES string of the molecule is CC1(C)CNCC(C)(C)N1c1ccccc1Cl. The normalized spacial score (nSPS) is 22.5. The molecule has 1 fully saturated rings.